The first kappa shape index (κ1) is 9.56. The van der Waals surface area contributed by atoms with Gasteiger partial charge in [-0.3, -0.25) is 15.1 Å². The van der Waals surface area contributed by atoms with E-state index in [2.05, 4.69) is 4.98 Å². The number of hydrogen-bond donors (Lipinski definition) is 2. The Bertz CT molecular complexity index is 298. The largest absolute Gasteiger partial charge is 0.329 e. The van der Waals surface area contributed by atoms with E-state index in [1.165, 1.54) is 18.3 Å². The lowest BCUT2D eigenvalue weighted by atomic mass is 10.2. The molecule has 1 rings (SSSR count). The van der Waals surface area contributed by atoms with E-state index >= 15 is 0 Å². The molecule has 70 valence electrons. The Balaban J connectivity index is 2.87. The number of rotatable bonds is 3. The predicted molar refractivity (Wildman–Crippen MR) is 46.9 cm³/mol. The summed E-state index contributed by atoms with van der Waals surface area (Å²) in [6.45, 7) is 0.269. The topological polar surface area (TPSA) is 108 Å². The SMILES string of the molecule is NCC(N)c1ccc([N+](=O)[O-])cn1. The summed E-state index contributed by atoms with van der Waals surface area (Å²) in [4.78, 5) is 13.6. The number of pyridine rings is 1. The molecule has 1 aromatic heterocycles. The molecule has 0 bridgehead atoms. The van der Waals surface area contributed by atoms with Crippen LogP contribution in [0.4, 0.5) is 5.69 Å². The summed E-state index contributed by atoms with van der Waals surface area (Å²) in [6, 6.07) is 2.51. The van der Waals surface area contributed by atoms with Crippen molar-refractivity contribution < 1.29 is 4.92 Å². The molecule has 0 aromatic carbocycles. The molecule has 0 radical (unpaired) electrons. The minimum Gasteiger partial charge on any atom is -0.329 e. The second-order valence-corrected chi connectivity index (χ2v) is 2.54. The minimum atomic E-state index is -0.509. The Labute approximate surface area is 74.7 Å². The molecule has 6 heteroatoms. The monoisotopic (exact) mass is 182 g/mol. The van der Waals surface area contributed by atoms with E-state index in [-0.39, 0.29) is 18.3 Å². The van der Waals surface area contributed by atoms with E-state index in [1.807, 2.05) is 0 Å². The van der Waals surface area contributed by atoms with Gasteiger partial charge in [-0.2, -0.15) is 0 Å². The van der Waals surface area contributed by atoms with E-state index in [9.17, 15) is 10.1 Å². The quantitative estimate of drug-likeness (QED) is 0.503. The summed E-state index contributed by atoms with van der Waals surface area (Å²) < 4.78 is 0. The highest BCUT2D eigenvalue weighted by atomic mass is 16.6. The molecule has 6 nitrogen and oxygen atoms in total. The first-order chi connectivity index (χ1) is 6.15. The van der Waals surface area contributed by atoms with Crippen molar-refractivity contribution in [2.24, 2.45) is 11.5 Å². The van der Waals surface area contributed by atoms with Gasteiger partial charge >= 0.3 is 0 Å². The smallest absolute Gasteiger partial charge is 0.287 e. The maximum Gasteiger partial charge on any atom is 0.287 e. The molecule has 0 amide bonds. The molecular weight excluding hydrogens is 172 g/mol. The lowest BCUT2D eigenvalue weighted by molar-refractivity contribution is -0.385. The molecular formula is C7H10N4O2. The highest BCUT2D eigenvalue weighted by Gasteiger charge is 2.08. The van der Waals surface area contributed by atoms with Crippen molar-refractivity contribution in [3.05, 3.63) is 34.1 Å². The van der Waals surface area contributed by atoms with Gasteiger partial charge < -0.3 is 11.5 Å². The van der Waals surface area contributed by atoms with Crippen LogP contribution in [0.3, 0.4) is 0 Å². The third kappa shape index (κ3) is 2.20. The van der Waals surface area contributed by atoms with Crippen LogP contribution in [-0.4, -0.2) is 16.5 Å². The average molecular weight is 182 g/mol. The number of aromatic nitrogens is 1. The van der Waals surface area contributed by atoms with Gasteiger partial charge in [0.1, 0.15) is 6.20 Å². The summed E-state index contributed by atoms with van der Waals surface area (Å²) in [5, 5.41) is 10.3. The second-order valence-electron chi connectivity index (χ2n) is 2.54. The zero-order valence-electron chi connectivity index (χ0n) is 6.88. The molecule has 4 N–H and O–H groups in total. The van der Waals surface area contributed by atoms with Crippen LogP contribution in [0, 0.1) is 10.1 Å². The predicted octanol–water partition coefficient (Wildman–Crippen LogP) is -0.0517. The Morgan fingerprint density at radius 3 is 2.69 bits per heavy atom. The third-order valence-electron chi connectivity index (χ3n) is 1.62. The van der Waals surface area contributed by atoms with Gasteiger partial charge in [-0.05, 0) is 6.07 Å². The van der Waals surface area contributed by atoms with Gasteiger partial charge in [0, 0.05) is 12.6 Å². The first-order valence-electron chi connectivity index (χ1n) is 3.71. The molecule has 1 atom stereocenters. The van der Waals surface area contributed by atoms with Crippen LogP contribution in [-0.2, 0) is 0 Å². The van der Waals surface area contributed by atoms with Crippen molar-refractivity contribution in [3.63, 3.8) is 0 Å². The van der Waals surface area contributed by atoms with Gasteiger partial charge in [0.2, 0.25) is 0 Å². The van der Waals surface area contributed by atoms with Crippen LogP contribution >= 0.6 is 0 Å². The minimum absolute atomic E-state index is 0.0482. The maximum atomic E-state index is 10.3. The Morgan fingerprint density at radius 1 is 1.62 bits per heavy atom. The molecule has 1 unspecified atom stereocenters. The van der Waals surface area contributed by atoms with E-state index in [0.29, 0.717) is 5.69 Å². The molecule has 0 aliphatic heterocycles. The molecule has 0 fully saturated rings. The zero-order chi connectivity index (χ0) is 9.84. The van der Waals surface area contributed by atoms with Crippen LogP contribution in [0.15, 0.2) is 18.3 Å². The van der Waals surface area contributed by atoms with Crippen molar-refractivity contribution in [1.82, 2.24) is 4.98 Å². The normalized spacial score (nSPS) is 12.5. The molecule has 1 aromatic rings. The van der Waals surface area contributed by atoms with Crippen molar-refractivity contribution in [2.45, 2.75) is 6.04 Å². The van der Waals surface area contributed by atoms with Crippen LogP contribution in [0.1, 0.15) is 11.7 Å². The van der Waals surface area contributed by atoms with Crippen molar-refractivity contribution in [3.8, 4) is 0 Å². The number of nitrogens with zero attached hydrogens (tertiary/aromatic N) is 2. The molecule has 0 saturated carbocycles. The fraction of sp³-hybridized carbons (Fsp3) is 0.286. The first-order valence-corrected chi connectivity index (χ1v) is 3.71. The highest BCUT2D eigenvalue weighted by molar-refractivity contribution is 5.27. The fourth-order valence-corrected chi connectivity index (χ4v) is 0.846. The summed E-state index contributed by atoms with van der Waals surface area (Å²) >= 11 is 0. The van der Waals surface area contributed by atoms with Gasteiger partial charge in [0.15, 0.2) is 0 Å². The number of nitrogens with two attached hydrogens (primary N) is 2. The maximum absolute atomic E-state index is 10.3. The molecule has 0 aliphatic carbocycles. The molecule has 0 aliphatic rings. The Hall–Kier alpha value is -1.53. The van der Waals surface area contributed by atoms with E-state index in [1.54, 1.807) is 0 Å². The summed E-state index contributed by atoms with van der Waals surface area (Å²) in [5.74, 6) is 0. The van der Waals surface area contributed by atoms with Crippen molar-refractivity contribution in [1.29, 1.82) is 0 Å². The van der Waals surface area contributed by atoms with Gasteiger partial charge in [0.05, 0.1) is 16.7 Å². The van der Waals surface area contributed by atoms with Crippen molar-refractivity contribution >= 4 is 5.69 Å². The lowest BCUT2D eigenvalue weighted by Gasteiger charge is -2.06. The zero-order valence-corrected chi connectivity index (χ0v) is 6.88. The Kier molecular flexibility index (Phi) is 2.88. The second kappa shape index (κ2) is 3.92. The molecule has 0 spiro atoms. The average Bonchev–Trinajstić information content (AvgIpc) is 2.17. The van der Waals surface area contributed by atoms with Crippen LogP contribution in [0.5, 0.6) is 0 Å². The molecule has 1 heterocycles. The number of hydrogen-bond acceptors (Lipinski definition) is 5. The summed E-state index contributed by atoms with van der Waals surface area (Å²) in [7, 11) is 0. The van der Waals surface area contributed by atoms with Gasteiger partial charge in [0.25, 0.3) is 5.69 Å². The standard InChI is InChI=1S/C7H10N4O2/c8-3-6(9)7-2-1-5(4-10-7)11(12)13/h1-2,4,6H,3,8-9H2. The van der Waals surface area contributed by atoms with Gasteiger partial charge in [-0.1, -0.05) is 0 Å². The fourth-order valence-electron chi connectivity index (χ4n) is 0.846. The number of nitro groups is 1. The van der Waals surface area contributed by atoms with E-state index in [0.717, 1.165) is 0 Å². The van der Waals surface area contributed by atoms with Crippen LogP contribution in [0.2, 0.25) is 0 Å². The van der Waals surface area contributed by atoms with Gasteiger partial charge in [-0.25, -0.2) is 0 Å². The molecule has 13 heavy (non-hydrogen) atoms. The summed E-state index contributed by atoms with van der Waals surface area (Å²) in [5.41, 5.74) is 11.4. The highest BCUT2D eigenvalue weighted by Crippen LogP contribution is 2.11. The van der Waals surface area contributed by atoms with Gasteiger partial charge in [-0.15, -0.1) is 0 Å². The van der Waals surface area contributed by atoms with Crippen molar-refractivity contribution in [2.75, 3.05) is 6.54 Å². The van der Waals surface area contributed by atoms with E-state index < -0.39 is 4.92 Å². The van der Waals surface area contributed by atoms with Crippen LogP contribution < -0.4 is 11.5 Å². The lowest BCUT2D eigenvalue weighted by Crippen LogP contribution is -2.21. The van der Waals surface area contributed by atoms with Crippen LogP contribution in [0.25, 0.3) is 0 Å². The Morgan fingerprint density at radius 2 is 2.31 bits per heavy atom. The summed E-state index contributed by atoms with van der Waals surface area (Å²) in [6.07, 6.45) is 1.17. The molecule has 0 saturated heterocycles. The third-order valence-corrected chi connectivity index (χ3v) is 1.62. The van der Waals surface area contributed by atoms with E-state index in [4.69, 9.17) is 11.5 Å².